The summed E-state index contributed by atoms with van der Waals surface area (Å²) in [4.78, 5) is 37.7. The van der Waals surface area contributed by atoms with Crippen LogP contribution in [-0.4, -0.2) is 44.8 Å². The molecule has 0 atom stereocenters. The minimum Gasteiger partial charge on any atom is -0.494 e. The van der Waals surface area contributed by atoms with Gasteiger partial charge >= 0.3 is 17.8 Å². The maximum absolute atomic E-state index is 13.0. The molecule has 4 aromatic rings. The van der Waals surface area contributed by atoms with Gasteiger partial charge in [-0.25, -0.2) is 10.2 Å². The van der Waals surface area contributed by atoms with E-state index in [1.807, 2.05) is 31.2 Å². The van der Waals surface area contributed by atoms with E-state index in [0.717, 1.165) is 10.8 Å². The summed E-state index contributed by atoms with van der Waals surface area (Å²) in [6.45, 7) is 2.38. The van der Waals surface area contributed by atoms with Gasteiger partial charge in [0.15, 0.2) is 11.5 Å². The molecule has 2 amide bonds. The lowest BCUT2D eigenvalue weighted by molar-refractivity contribution is -0.136. The van der Waals surface area contributed by atoms with Gasteiger partial charge in [0.05, 0.1) is 32.6 Å². The first-order valence-corrected chi connectivity index (χ1v) is 12.3. The van der Waals surface area contributed by atoms with E-state index in [0.29, 0.717) is 35.1 Å². The molecule has 0 aliphatic heterocycles. The van der Waals surface area contributed by atoms with Crippen LogP contribution in [0.2, 0.25) is 0 Å². The van der Waals surface area contributed by atoms with E-state index in [9.17, 15) is 14.4 Å². The Kier molecular flexibility index (Phi) is 8.93. The molecule has 0 bridgehead atoms. The summed E-state index contributed by atoms with van der Waals surface area (Å²) in [6, 6.07) is 22.1. The fourth-order valence-corrected chi connectivity index (χ4v) is 3.81. The van der Waals surface area contributed by atoms with E-state index in [2.05, 4.69) is 15.8 Å². The Balaban J connectivity index is 1.51. The molecule has 0 fully saturated rings. The van der Waals surface area contributed by atoms with Crippen LogP contribution in [0.25, 0.3) is 10.8 Å². The van der Waals surface area contributed by atoms with Gasteiger partial charge in [0.25, 0.3) is 0 Å². The molecule has 40 heavy (non-hydrogen) atoms. The molecule has 0 aliphatic carbocycles. The number of esters is 1. The molecule has 4 rings (SSSR count). The van der Waals surface area contributed by atoms with Crippen LogP contribution in [0.15, 0.2) is 84.0 Å². The second-order valence-electron chi connectivity index (χ2n) is 8.27. The zero-order chi connectivity index (χ0) is 28.5. The largest absolute Gasteiger partial charge is 0.494 e. The molecule has 0 heterocycles. The molecule has 0 saturated heterocycles. The molecule has 10 nitrogen and oxygen atoms in total. The van der Waals surface area contributed by atoms with Crippen LogP contribution < -0.4 is 29.7 Å². The topological polar surface area (TPSA) is 125 Å². The lowest BCUT2D eigenvalue weighted by Crippen LogP contribution is -2.32. The molecule has 0 saturated carbocycles. The summed E-state index contributed by atoms with van der Waals surface area (Å²) in [5.74, 6) is -0.816. The van der Waals surface area contributed by atoms with Gasteiger partial charge in [-0.15, -0.1) is 0 Å². The molecular formula is C30H27N3O7. The van der Waals surface area contributed by atoms with Crippen LogP contribution in [0.1, 0.15) is 22.8 Å². The number of anilines is 1. The van der Waals surface area contributed by atoms with Gasteiger partial charge < -0.3 is 24.3 Å². The second kappa shape index (κ2) is 12.9. The van der Waals surface area contributed by atoms with Crippen molar-refractivity contribution in [2.75, 3.05) is 26.1 Å². The van der Waals surface area contributed by atoms with Crippen molar-refractivity contribution in [1.29, 1.82) is 0 Å². The van der Waals surface area contributed by atoms with Crippen molar-refractivity contribution < 1.29 is 33.3 Å². The number of carbonyl (C=O) groups excluding carboxylic acids is 3. The highest BCUT2D eigenvalue weighted by Crippen LogP contribution is 2.30. The van der Waals surface area contributed by atoms with E-state index in [4.69, 9.17) is 18.9 Å². The van der Waals surface area contributed by atoms with Gasteiger partial charge in [-0.2, -0.15) is 5.10 Å². The van der Waals surface area contributed by atoms with Crippen molar-refractivity contribution in [2.24, 2.45) is 5.10 Å². The Bertz CT molecular complexity index is 1570. The van der Waals surface area contributed by atoms with Crippen LogP contribution in [0.5, 0.6) is 23.0 Å². The van der Waals surface area contributed by atoms with Gasteiger partial charge in [0.1, 0.15) is 11.5 Å². The number of methoxy groups -OCH3 is 2. The van der Waals surface area contributed by atoms with E-state index >= 15 is 0 Å². The maximum atomic E-state index is 13.0. The van der Waals surface area contributed by atoms with Crippen molar-refractivity contribution in [2.45, 2.75) is 6.92 Å². The fourth-order valence-electron chi connectivity index (χ4n) is 3.81. The Morgan fingerprint density at radius 1 is 0.825 bits per heavy atom. The third kappa shape index (κ3) is 6.54. The standard InChI is InChI=1S/C30H27N3O7/c1-4-39-22-13-11-21(12-14-22)32-28(34)29(35)33-31-18-24-23-8-6-5-7-19(23)9-15-25(24)40-30(36)20-10-16-26(37-2)27(17-20)38-3/h5-18H,4H2,1-3H3,(H,32,34)(H,33,35)/b31-18+. The molecule has 0 unspecified atom stereocenters. The molecular weight excluding hydrogens is 514 g/mol. The fraction of sp³-hybridized carbons (Fsp3) is 0.133. The normalized spacial score (nSPS) is 10.7. The number of fused-ring (bicyclic) bond motifs is 1. The number of ether oxygens (including phenoxy) is 4. The maximum Gasteiger partial charge on any atom is 0.343 e. The lowest BCUT2D eigenvalue weighted by Gasteiger charge is -2.12. The predicted octanol–water partition coefficient (Wildman–Crippen LogP) is 4.56. The number of nitrogens with one attached hydrogen (secondary N) is 2. The number of hydrogen-bond acceptors (Lipinski definition) is 8. The van der Waals surface area contributed by atoms with Crippen LogP contribution in [0.4, 0.5) is 5.69 Å². The van der Waals surface area contributed by atoms with E-state index in [1.165, 1.54) is 26.5 Å². The minimum atomic E-state index is -0.978. The first kappa shape index (κ1) is 27.6. The summed E-state index contributed by atoms with van der Waals surface area (Å²) < 4.78 is 21.6. The number of hydrazone groups is 1. The van der Waals surface area contributed by atoms with Gasteiger partial charge in [-0.3, -0.25) is 9.59 Å². The third-order valence-corrected chi connectivity index (χ3v) is 5.74. The monoisotopic (exact) mass is 541 g/mol. The van der Waals surface area contributed by atoms with Gasteiger partial charge in [-0.05, 0) is 66.2 Å². The average Bonchev–Trinajstić information content (AvgIpc) is 2.98. The third-order valence-electron chi connectivity index (χ3n) is 5.74. The molecule has 0 aromatic heterocycles. The summed E-state index contributed by atoms with van der Waals surface area (Å²) in [5, 5.41) is 8.02. The van der Waals surface area contributed by atoms with E-state index in [-0.39, 0.29) is 11.3 Å². The van der Waals surface area contributed by atoms with Crippen molar-refractivity contribution in [3.63, 3.8) is 0 Å². The molecule has 0 spiro atoms. The number of hydrogen-bond donors (Lipinski definition) is 2. The second-order valence-corrected chi connectivity index (χ2v) is 8.27. The molecule has 0 aliphatic rings. The Hall–Kier alpha value is -5.38. The minimum absolute atomic E-state index is 0.204. The number of rotatable bonds is 9. The van der Waals surface area contributed by atoms with Gasteiger partial charge in [0, 0.05) is 11.3 Å². The van der Waals surface area contributed by atoms with Crippen molar-refractivity contribution in [3.05, 3.63) is 90.0 Å². The smallest absolute Gasteiger partial charge is 0.343 e. The van der Waals surface area contributed by atoms with Crippen molar-refractivity contribution in [1.82, 2.24) is 5.43 Å². The Morgan fingerprint density at radius 2 is 1.55 bits per heavy atom. The Labute approximate surface area is 230 Å². The van der Waals surface area contributed by atoms with Gasteiger partial charge in [0.2, 0.25) is 0 Å². The molecule has 204 valence electrons. The summed E-state index contributed by atoms with van der Waals surface area (Å²) >= 11 is 0. The van der Waals surface area contributed by atoms with Crippen molar-refractivity contribution >= 4 is 40.5 Å². The first-order chi connectivity index (χ1) is 19.4. The SMILES string of the molecule is CCOc1ccc(NC(=O)C(=O)N/N=C/c2c(OC(=O)c3ccc(OC)c(OC)c3)ccc3ccccc23)cc1. The quantitative estimate of drug-likeness (QED) is 0.105. The Morgan fingerprint density at radius 3 is 2.27 bits per heavy atom. The number of benzene rings is 4. The van der Waals surface area contributed by atoms with Crippen LogP contribution in [0.3, 0.4) is 0 Å². The van der Waals surface area contributed by atoms with E-state index < -0.39 is 17.8 Å². The number of nitrogens with zero attached hydrogens (tertiary/aromatic N) is 1. The molecule has 10 heteroatoms. The van der Waals surface area contributed by atoms with Crippen LogP contribution >= 0.6 is 0 Å². The summed E-state index contributed by atoms with van der Waals surface area (Å²) in [7, 11) is 2.97. The van der Waals surface area contributed by atoms with E-state index in [1.54, 1.807) is 48.5 Å². The summed E-state index contributed by atoms with van der Waals surface area (Å²) in [5.41, 5.74) is 3.31. The zero-order valence-electron chi connectivity index (χ0n) is 22.1. The molecule has 2 N–H and O–H groups in total. The number of amides is 2. The molecule has 0 radical (unpaired) electrons. The van der Waals surface area contributed by atoms with Crippen molar-refractivity contribution in [3.8, 4) is 23.0 Å². The molecule has 4 aromatic carbocycles. The highest BCUT2D eigenvalue weighted by molar-refractivity contribution is 6.39. The number of carbonyl (C=O) groups is 3. The summed E-state index contributed by atoms with van der Waals surface area (Å²) in [6.07, 6.45) is 1.32. The lowest BCUT2D eigenvalue weighted by atomic mass is 10.0. The first-order valence-electron chi connectivity index (χ1n) is 12.3. The van der Waals surface area contributed by atoms with Crippen LogP contribution in [-0.2, 0) is 9.59 Å². The zero-order valence-corrected chi connectivity index (χ0v) is 22.1. The van der Waals surface area contributed by atoms with Crippen LogP contribution in [0, 0.1) is 0 Å². The average molecular weight is 542 g/mol. The highest BCUT2D eigenvalue weighted by atomic mass is 16.5. The van der Waals surface area contributed by atoms with Gasteiger partial charge in [-0.1, -0.05) is 30.3 Å². The highest BCUT2D eigenvalue weighted by Gasteiger charge is 2.17. The predicted molar refractivity (Wildman–Crippen MR) is 150 cm³/mol.